The summed E-state index contributed by atoms with van der Waals surface area (Å²) in [5.41, 5.74) is 1.71. The van der Waals surface area contributed by atoms with Gasteiger partial charge in [-0.25, -0.2) is 0 Å². The van der Waals surface area contributed by atoms with Crippen molar-refractivity contribution in [3.05, 3.63) is 24.3 Å². The molecule has 0 saturated carbocycles. The van der Waals surface area contributed by atoms with Gasteiger partial charge in [0, 0.05) is 24.3 Å². The first-order chi connectivity index (χ1) is 11.2. The van der Waals surface area contributed by atoms with E-state index < -0.39 is 0 Å². The fourth-order valence-electron chi connectivity index (χ4n) is 3.34. The molecule has 5 heteroatoms. The number of carbonyl (C=O) groups excluding carboxylic acids is 2. The molecular formula is C18H25N3O2. The maximum Gasteiger partial charge on any atom is 0.238 e. The minimum atomic E-state index is 0.0388. The number of rotatable bonds is 4. The van der Waals surface area contributed by atoms with Crippen LogP contribution in [-0.2, 0) is 9.59 Å². The molecule has 0 atom stereocenters. The zero-order chi connectivity index (χ0) is 16.1. The minimum absolute atomic E-state index is 0.0388. The highest BCUT2D eigenvalue weighted by Crippen LogP contribution is 2.23. The third-order valence-electron chi connectivity index (χ3n) is 4.60. The molecule has 1 aromatic rings. The summed E-state index contributed by atoms with van der Waals surface area (Å²) < 4.78 is 0. The van der Waals surface area contributed by atoms with Gasteiger partial charge < -0.3 is 10.2 Å². The normalized spacial score (nSPS) is 19.7. The molecule has 1 aromatic carbocycles. The maximum atomic E-state index is 12.2. The number of nitrogens with zero attached hydrogens (tertiary/aromatic N) is 2. The van der Waals surface area contributed by atoms with Crippen molar-refractivity contribution in [2.24, 2.45) is 0 Å². The molecule has 2 aliphatic heterocycles. The molecule has 2 heterocycles. The van der Waals surface area contributed by atoms with Crippen molar-refractivity contribution in [2.45, 2.75) is 38.5 Å². The van der Waals surface area contributed by atoms with Gasteiger partial charge in [-0.3, -0.25) is 14.5 Å². The summed E-state index contributed by atoms with van der Waals surface area (Å²) in [6.45, 7) is 3.29. The third-order valence-corrected chi connectivity index (χ3v) is 4.60. The Kier molecular flexibility index (Phi) is 5.28. The SMILES string of the molecule is O=C(CN1CCCCCC1)Nc1ccc(N2CCCC2=O)cc1. The van der Waals surface area contributed by atoms with Crippen LogP contribution in [0.2, 0.25) is 0 Å². The molecule has 0 unspecified atom stereocenters. The molecule has 2 saturated heterocycles. The van der Waals surface area contributed by atoms with Gasteiger partial charge in [0.05, 0.1) is 6.54 Å². The van der Waals surface area contributed by atoms with Gasteiger partial charge in [0.2, 0.25) is 11.8 Å². The van der Waals surface area contributed by atoms with E-state index in [4.69, 9.17) is 0 Å². The Balaban J connectivity index is 1.53. The monoisotopic (exact) mass is 315 g/mol. The van der Waals surface area contributed by atoms with Crippen LogP contribution < -0.4 is 10.2 Å². The summed E-state index contributed by atoms with van der Waals surface area (Å²) in [6, 6.07) is 7.57. The summed E-state index contributed by atoms with van der Waals surface area (Å²) >= 11 is 0. The van der Waals surface area contributed by atoms with E-state index in [1.807, 2.05) is 29.2 Å². The summed E-state index contributed by atoms with van der Waals surface area (Å²) in [4.78, 5) is 28.0. The molecule has 5 nitrogen and oxygen atoms in total. The van der Waals surface area contributed by atoms with E-state index in [0.717, 1.165) is 37.4 Å². The van der Waals surface area contributed by atoms with Crippen LogP contribution >= 0.6 is 0 Å². The highest BCUT2D eigenvalue weighted by molar-refractivity contribution is 5.96. The van der Waals surface area contributed by atoms with Crippen molar-refractivity contribution in [3.8, 4) is 0 Å². The van der Waals surface area contributed by atoms with Crippen molar-refractivity contribution in [2.75, 3.05) is 36.4 Å². The highest BCUT2D eigenvalue weighted by Gasteiger charge is 2.21. The zero-order valence-electron chi connectivity index (χ0n) is 13.6. The predicted molar refractivity (Wildman–Crippen MR) is 91.6 cm³/mol. The lowest BCUT2D eigenvalue weighted by Crippen LogP contribution is -2.33. The van der Waals surface area contributed by atoms with E-state index in [0.29, 0.717) is 13.0 Å². The number of amides is 2. The van der Waals surface area contributed by atoms with Crippen LogP contribution in [0.4, 0.5) is 11.4 Å². The van der Waals surface area contributed by atoms with Crippen molar-refractivity contribution in [1.29, 1.82) is 0 Å². The van der Waals surface area contributed by atoms with Crippen LogP contribution in [0.25, 0.3) is 0 Å². The van der Waals surface area contributed by atoms with Gasteiger partial charge in [-0.05, 0) is 56.6 Å². The van der Waals surface area contributed by atoms with E-state index in [1.54, 1.807) is 0 Å². The molecule has 0 radical (unpaired) electrons. The molecule has 0 spiro atoms. The van der Waals surface area contributed by atoms with Gasteiger partial charge in [0.25, 0.3) is 0 Å². The Labute approximate surface area is 137 Å². The van der Waals surface area contributed by atoms with Crippen molar-refractivity contribution >= 4 is 23.2 Å². The average molecular weight is 315 g/mol. The topological polar surface area (TPSA) is 52.7 Å². The molecule has 124 valence electrons. The lowest BCUT2D eigenvalue weighted by molar-refractivity contribution is -0.118. The van der Waals surface area contributed by atoms with Crippen molar-refractivity contribution in [1.82, 2.24) is 4.90 Å². The number of anilines is 2. The molecule has 0 bridgehead atoms. The standard InChI is InChI=1S/C18H25N3O2/c22-17(14-20-11-3-1-2-4-12-20)19-15-7-9-16(10-8-15)21-13-5-6-18(21)23/h7-10H,1-6,11-14H2,(H,19,22). The molecule has 2 aliphatic rings. The zero-order valence-corrected chi connectivity index (χ0v) is 13.6. The highest BCUT2D eigenvalue weighted by atomic mass is 16.2. The smallest absolute Gasteiger partial charge is 0.238 e. The van der Waals surface area contributed by atoms with Crippen LogP contribution in [0.1, 0.15) is 38.5 Å². The summed E-state index contributed by atoms with van der Waals surface area (Å²) in [6.07, 6.45) is 6.47. The van der Waals surface area contributed by atoms with E-state index in [2.05, 4.69) is 10.2 Å². The predicted octanol–water partition coefficient (Wildman–Crippen LogP) is 2.63. The Morgan fingerprint density at radius 2 is 1.65 bits per heavy atom. The first kappa shape index (κ1) is 16.0. The molecular weight excluding hydrogens is 290 g/mol. The van der Waals surface area contributed by atoms with Crippen LogP contribution in [0.3, 0.4) is 0 Å². The van der Waals surface area contributed by atoms with Crippen molar-refractivity contribution in [3.63, 3.8) is 0 Å². The molecule has 0 aromatic heterocycles. The second kappa shape index (κ2) is 7.59. The van der Waals surface area contributed by atoms with E-state index >= 15 is 0 Å². The Morgan fingerprint density at radius 3 is 2.26 bits per heavy atom. The first-order valence-electron chi connectivity index (χ1n) is 8.65. The van der Waals surface area contributed by atoms with Crippen LogP contribution in [0.5, 0.6) is 0 Å². The molecule has 3 rings (SSSR count). The number of carbonyl (C=O) groups is 2. The lowest BCUT2D eigenvalue weighted by atomic mass is 10.2. The second-order valence-electron chi connectivity index (χ2n) is 6.43. The van der Waals surface area contributed by atoms with Crippen LogP contribution in [-0.4, -0.2) is 42.9 Å². The molecule has 2 amide bonds. The Morgan fingerprint density at radius 1 is 0.957 bits per heavy atom. The first-order valence-corrected chi connectivity index (χ1v) is 8.65. The summed E-state index contributed by atoms with van der Waals surface area (Å²) in [5.74, 6) is 0.222. The van der Waals surface area contributed by atoms with E-state index in [-0.39, 0.29) is 11.8 Å². The molecule has 1 N–H and O–H groups in total. The Bertz CT molecular complexity index is 548. The van der Waals surface area contributed by atoms with Gasteiger partial charge in [0.15, 0.2) is 0 Å². The number of hydrogen-bond donors (Lipinski definition) is 1. The number of hydrogen-bond acceptors (Lipinski definition) is 3. The largest absolute Gasteiger partial charge is 0.325 e. The van der Waals surface area contributed by atoms with Gasteiger partial charge in [0.1, 0.15) is 0 Å². The van der Waals surface area contributed by atoms with Crippen LogP contribution in [0.15, 0.2) is 24.3 Å². The van der Waals surface area contributed by atoms with Crippen LogP contribution in [0, 0.1) is 0 Å². The second-order valence-corrected chi connectivity index (χ2v) is 6.43. The number of benzene rings is 1. The van der Waals surface area contributed by atoms with Gasteiger partial charge in [-0.2, -0.15) is 0 Å². The van der Waals surface area contributed by atoms with Gasteiger partial charge >= 0.3 is 0 Å². The lowest BCUT2D eigenvalue weighted by Gasteiger charge is -2.19. The van der Waals surface area contributed by atoms with E-state index in [1.165, 1.54) is 25.7 Å². The van der Waals surface area contributed by atoms with Gasteiger partial charge in [-0.1, -0.05) is 12.8 Å². The molecule has 0 aliphatic carbocycles. The fraction of sp³-hybridized carbons (Fsp3) is 0.556. The molecule has 23 heavy (non-hydrogen) atoms. The number of nitrogens with one attached hydrogen (secondary N) is 1. The summed E-state index contributed by atoms with van der Waals surface area (Å²) in [7, 11) is 0. The minimum Gasteiger partial charge on any atom is -0.325 e. The third kappa shape index (κ3) is 4.32. The quantitative estimate of drug-likeness (QED) is 0.929. The van der Waals surface area contributed by atoms with E-state index in [9.17, 15) is 9.59 Å². The number of likely N-dealkylation sites (tertiary alicyclic amines) is 1. The Hall–Kier alpha value is -1.88. The average Bonchev–Trinajstić information content (AvgIpc) is 2.81. The fourth-order valence-corrected chi connectivity index (χ4v) is 3.34. The van der Waals surface area contributed by atoms with Crippen molar-refractivity contribution < 1.29 is 9.59 Å². The summed E-state index contributed by atoms with van der Waals surface area (Å²) in [5, 5.41) is 2.95. The van der Waals surface area contributed by atoms with Gasteiger partial charge in [-0.15, -0.1) is 0 Å². The molecule has 2 fully saturated rings. The maximum absolute atomic E-state index is 12.2.